The summed E-state index contributed by atoms with van der Waals surface area (Å²) >= 11 is 2.91. The largest absolute Gasteiger partial charge is 0.341 e. The molecule has 1 fully saturated rings. The van der Waals surface area contributed by atoms with E-state index in [1.807, 2.05) is 35.4 Å². The average molecular weight is 388 g/mol. The van der Waals surface area contributed by atoms with E-state index < -0.39 is 0 Å². The first-order valence-corrected chi connectivity index (χ1v) is 10.7. The van der Waals surface area contributed by atoms with Crippen LogP contribution in [0.2, 0.25) is 0 Å². The number of nitrogens with zero attached hydrogens (tertiary/aromatic N) is 3. The molecule has 7 heteroatoms. The van der Waals surface area contributed by atoms with Crippen LogP contribution in [0.3, 0.4) is 0 Å². The number of thioether (sulfide) groups is 2. The Kier molecular flexibility index (Phi) is 6.68. The Balaban J connectivity index is 1.61. The summed E-state index contributed by atoms with van der Waals surface area (Å²) in [5.74, 6) is 0.357. The number of benzene rings is 1. The standard InChI is InChI=1S/C19H21N3O2S2/c1-25-16-8-3-2-7-15(16)18(24)14-6-4-11-22(12-14)17(23)13-26-19-20-9-5-10-21-19/h2-3,5,7-10,14H,4,6,11-13H2,1H3/t14-/m1/s1. The van der Waals surface area contributed by atoms with Crippen LogP contribution in [-0.4, -0.2) is 51.7 Å². The van der Waals surface area contributed by atoms with E-state index >= 15 is 0 Å². The summed E-state index contributed by atoms with van der Waals surface area (Å²) in [6.45, 7) is 1.21. The SMILES string of the molecule is CSc1ccccc1C(=O)[C@@H]1CCCN(C(=O)CSc2ncccn2)C1. The minimum absolute atomic E-state index is 0.0399. The number of ketones is 1. The summed E-state index contributed by atoms with van der Waals surface area (Å²) in [5.41, 5.74) is 0.770. The fraction of sp³-hybridized carbons (Fsp3) is 0.368. The summed E-state index contributed by atoms with van der Waals surface area (Å²) in [4.78, 5) is 36.5. The molecule has 1 aliphatic rings. The molecule has 0 unspecified atom stereocenters. The predicted octanol–water partition coefficient (Wildman–Crippen LogP) is 3.41. The van der Waals surface area contributed by atoms with E-state index in [1.54, 1.807) is 30.2 Å². The van der Waals surface area contributed by atoms with E-state index in [1.165, 1.54) is 11.8 Å². The number of hydrogen-bond donors (Lipinski definition) is 0. The van der Waals surface area contributed by atoms with E-state index in [4.69, 9.17) is 0 Å². The number of amides is 1. The Morgan fingerprint density at radius 3 is 2.73 bits per heavy atom. The van der Waals surface area contributed by atoms with E-state index in [2.05, 4.69) is 9.97 Å². The number of aromatic nitrogens is 2. The first-order valence-electron chi connectivity index (χ1n) is 8.54. The lowest BCUT2D eigenvalue weighted by Crippen LogP contribution is -2.43. The molecule has 26 heavy (non-hydrogen) atoms. The van der Waals surface area contributed by atoms with Crippen LogP contribution < -0.4 is 0 Å². The van der Waals surface area contributed by atoms with Gasteiger partial charge in [0.25, 0.3) is 0 Å². The third-order valence-electron chi connectivity index (χ3n) is 4.38. The highest BCUT2D eigenvalue weighted by Gasteiger charge is 2.29. The lowest BCUT2D eigenvalue weighted by atomic mass is 9.90. The third kappa shape index (κ3) is 4.65. The van der Waals surface area contributed by atoms with Crippen LogP contribution >= 0.6 is 23.5 Å². The zero-order valence-corrected chi connectivity index (χ0v) is 16.3. The summed E-state index contributed by atoms with van der Waals surface area (Å²) in [7, 11) is 0. The van der Waals surface area contributed by atoms with Crippen molar-refractivity contribution in [1.29, 1.82) is 0 Å². The maximum Gasteiger partial charge on any atom is 0.233 e. The molecule has 2 heterocycles. The van der Waals surface area contributed by atoms with E-state index in [0.29, 0.717) is 24.0 Å². The molecule has 1 aromatic heterocycles. The number of rotatable bonds is 6. The topological polar surface area (TPSA) is 63.2 Å². The number of hydrogen-bond acceptors (Lipinski definition) is 6. The van der Waals surface area contributed by atoms with Gasteiger partial charge in [-0.25, -0.2) is 9.97 Å². The minimum Gasteiger partial charge on any atom is -0.341 e. The van der Waals surface area contributed by atoms with Gasteiger partial charge >= 0.3 is 0 Å². The van der Waals surface area contributed by atoms with Crippen molar-refractivity contribution in [2.45, 2.75) is 22.9 Å². The van der Waals surface area contributed by atoms with Gasteiger partial charge in [0.15, 0.2) is 10.9 Å². The first kappa shape index (κ1) is 18.9. The summed E-state index contributed by atoms with van der Waals surface area (Å²) in [6.07, 6.45) is 7.00. The van der Waals surface area contributed by atoms with E-state index in [9.17, 15) is 9.59 Å². The van der Waals surface area contributed by atoms with Gasteiger partial charge in [0, 0.05) is 41.9 Å². The maximum absolute atomic E-state index is 13.0. The smallest absolute Gasteiger partial charge is 0.233 e. The molecule has 0 bridgehead atoms. The minimum atomic E-state index is -0.126. The molecule has 3 rings (SSSR count). The van der Waals surface area contributed by atoms with Crippen molar-refractivity contribution in [3.63, 3.8) is 0 Å². The lowest BCUT2D eigenvalue weighted by Gasteiger charge is -2.32. The van der Waals surface area contributed by atoms with Crippen LogP contribution in [0.1, 0.15) is 23.2 Å². The Morgan fingerprint density at radius 1 is 1.19 bits per heavy atom. The van der Waals surface area contributed by atoms with Gasteiger partial charge in [-0.3, -0.25) is 9.59 Å². The maximum atomic E-state index is 13.0. The molecule has 5 nitrogen and oxygen atoms in total. The number of piperidine rings is 1. The summed E-state index contributed by atoms with van der Waals surface area (Å²) in [5, 5.41) is 0.597. The van der Waals surface area contributed by atoms with Crippen molar-refractivity contribution in [3.05, 3.63) is 48.3 Å². The van der Waals surface area contributed by atoms with Crippen LogP contribution in [0.25, 0.3) is 0 Å². The highest BCUT2D eigenvalue weighted by molar-refractivity contribution is 7.99. The van der Waals surface area contributed by atoms with Crippen molar-refractivity contribution < 1.29 is 9.59 Å². The Bertz CT molecular complexity index is 770. The molecule has 1 amide bonds. The molecular weight excluding hydrogens is 366 g/mol. The van der Waals surface area contributed by atoms with Gasteiger partial charge in [0.2, 0.25) is 5.91 Å². The zero-order chi connectivity index (χ0) is 18.4. The second-order valence-electron chi connectivity index (χ2n) is 6.06. The second-order valence-corrected chi connectivity index (χ2v) is 7.85. The zero-order valence-electron chi connectivity index (χ0n) is 14.6. The van der Waals surface area contributed by atoms with Gasteiger partial charge in [-0.1, -0.05) is 30.0 Å². The van der Waals surface area contributed by atoms with Gasteiger partial charge in [-0.15, -0.1) is 11.8 Å². The van der Waals surface area contributed by atoms with Crippen molar-refractivity contribution >= 4 is 35.2 Å². The Hall–Kier alpha value is -1.86. The molecule has 0 N–H and O–H groups in total. The molecule has 0 spiro atoms. The molecule has 136 valence electrons. The first-order chi connectivity index (χ1) is 12.7. The number of carbonyl (C=O) groups is 2. The monoisotopic (exact) mass is 387 g/mol. The predicted molar refractivity (Wildman–Crippen MR) is 105 cm³/mol. The van der Waals surface area contributed by atoms with E-state index in [-0.39, 0.29) is 17.6 Å². The fourth-order valence-electron chi connectivity index (χ4n) is 3.06. The van der Waals surface area contributed by atoms with Gasteiger partial charge < -0.3 is 4.90 Å². The molecule has 1 atom stereocenters. The average Bonchev–Trinajstić information content (AvgIpc) is 2.72. The van der Waals surface area contributed by atoms with Crippen LogP contribution in [0, 0.1) is 5.92 Å². The summed E-state index contributed by atoms with van der Waals surface area (Å²) in [6, 6.07) is 9.45. The molecule has 1 aromatic carbocycles. The van der Waals surface area contributed by atoms with Gasteiger partial charge in [0.05, 0.1) is 5.75 Å². The molecule has 0 saturated carbocycles. The van der Waals surface area contributed by atoms with Crippen molar-refractivity contribution in [2.24, 2.45) is 5.92 Å². The van der Waals surface area contributed by atoms with Gasteiger partial charge in [0.1, 0.15) is 0 Å². The number of Topliss-reactive ketones (excluding diaryl/α,β-unsaturated/α-hetero) is 1. The van der Waals surface area contributed by atoms with Gasteiger partial charge in [-0.2, -0.15) is 0 Å². The Morgan fingerprint density at radius 2 is 1.96 bits per heavy atom. The van der Waals surface area contributed by atoms with Crippen molar-refractivity contribution in [2.75, 3.05) is 25.1 Å². The third-order valence-corrected chi connectivity index (χ3v) is 6.04. The van der Waals surface area contributed by atoms with Crippen LogP contribution in [-0.2, 0) is 4.79 Å². The Labute approximate surface area is 162 Å². The second kappa shape index (κ2) is 9.19. The highest BCUT2D eigenvalue weighted by atomic mass is 32.2. The van der Waals surface area contributed by atoms with Crippen molar-refractivity contribution in [3.8, 4) is 0 Å². The highest BCUT2D eigenvalue weighted by Crippen LogP contribution is 2.27. The van der Waals surface area contributed by atoms with Crippen LogP contribution in [0.15, 0.2) is 52.8 Å². The molecule has 0 aliphatic carbocycles. The van der Waals surface area contributed by atoms with Gasteiger partial charge in [-0.05, 0) is 31.2 Å². The normalized spacial score (nSPS) is 17.1. The number of likely N-dealkylation sites (tertiary alicyclic amines) is 1. The number of carbonyl (C=O) groups excluding carboxylic acids is 2. The molecule has 1 saturated heterocycles. The van der Waals surface area contributed by atoms with E-state index in [0.717, 1.165) is 23.3 Å². The van der Waals surface area contributed by atoms with Crippen LogP contribution in [0.4, 0.5) is 0 Å². The molecule has 2 aromatic rings. The molecule has 0 radical (unpaired) electrons. The molecular formula is C19H21N3O2S2. The lowest BCUT2D eigenvalue weighted by molar-refractivity contribution is -0.129. The fourth-order valence-corrected chi connectivity index (χ4v) is 4.37. The van der Waals surface area contributed by atoms with Crippen LogP contribution in [0.5, 0.6) is 0 Å². The van der Waals surface area contributed by atoms with Crippen molar-refractivity contribution in [1.82, 2.24) is 14.9 Å². The molecule has 1 aliphatic heterocycles. The summed E-state index contributed by atoms with van der Waals surface area (Å²) < 4.78 is 0. The quantitative estimate of drug-likeness (QED) is 0.430.